The van der Waals surface area contributed by atoms with Crippen LogP contribution in [0.25, 0.3) is 0 Å². The first-order valence-corrected chi connectivity index (χ1v) is 5.48. The fraction of sp³-hybridized carbons (Fsp3) is 0.545. The van der Waals surface area contributed by atoms with Crippen molar-refractivity contribution in [3.05, 3.63) is 29.6 Å². The van der Waals surface area contributed by atoms with E-state index < -0.39 is 24.1 Å². The zero-order valence-corrected chi connectivity index (χ0v) is 9.48. The molecule has 1 aliphatic rings. The van der Waals surface area contributed by atoms with Gasteiger partial charge in [0.1, 0.15) is 0 Å². The number of halogens is 3. The molecule has 2 heterocycles. The quantitative estimate of drug-likeness (QED) is 0.903. The highest BCUT2D eigenvalue weighted by Crippen LogP contribution is 2.34. The van der Waals surface area contributed by atoms with E-state index in [1.807, 2.05) is 0 Å². The van der Waals surface area contributed by atoms with Crippen molar-refractivity contribution >= 4 is 0 Å². The highest BCUT2D eigenvalue weighted by molar-refractivity contribution is 5.29. The first-order valence-electron chi connectivity index (χ1n) is 5.48. The summed E-state index contributed by atoms with van der Waals surface area (Å²) in [7, 11) is 0. The molecule has 0 bridgehead atoms. The van der Waals surface area contributed by atoms with Crippen molar-refractivity contribution in [1.29, 1.82) is 0 Å². The van der Waals surface area contributed by atoms with Crippen molar-refractivity contribution in [2.75, 3.05) is 13.2 Å². The van der Waals surface area contributed by atoms with E-state index in [2.05, 4.69) is 4.98 Å². The summed E-state index contributed by atoms with van der Waals surface area (Å²) >= 11 is 0. The third-order valence-corrected chi connectivity index (χ3v) is 2.69. The summed E-state index contributed by atoms with van der Waals surface area (Å²) in [4.78, 5) is 3.69. The highest BCUT2D eigenvalue weighted by atomic mass is 19.4. The molecule has 0 amide bonds. The van der Waals surface area contributed by atoms with E-state index in [0.29, 0.717) is 13.2 Å². The van der Waals surface area contributed by atoms with Gasteiger partial charge in [-0.2, -0.15) is 13.2 Å². The van der Waals surface area contributed by atoms with Crippen LogP contribution < -0.4 is 5.73 Å². The van der Waals surface area contributed by atoms with Crippen molar-refractivity contribution in [2.45, 2.75) is 24.9 Å². The molecule has 0 saturated carbocycles. The van der Waals surface area contributed by atoms with Crippen molar-refractivity contribution < 1.29 is 22.6 Å². The average Bonchev–Trinajstić information content (AvgIpc) is 2.80. The Morgan fingerprint density at radius 2 is 2.06 bits per heavy atom. The molecule has 0 radical (unpaired) electrons. The molecule has 1 aromatic heterocycles. The van der Waals surface area contributed by atoms with Gasteiger partial charge in [-0.25, -0.2) is 0 Å². The summed E-state index contributed by atoms with van der Waals surface area (Å²) in [5, 5.41) is 0. The molecule has 0 aliphatic carbocycles. The van der Waals surface area contributed by atoms with Crippen molar-refractivity contribution in [2.24, 2.45) is 5.73 Å². The van der Waals surface area contributed by atoms with Crippen LogP contribution in [-0.4, -0.2) is 24.5 Å². The Bertz CT molecular complexity index is 406. The van der Waals surface area contributed by atoms with Gasteiger partial charge in [-0.05, 0) is 11.6 Å². The number of hydrogen-bond acceptors (Lipinski definition) is 4. The van der Waals surface area contributed by atoms with Crippen LogP contribution in [0.5, 0.6) is 0 Å². The maximum Gasteiger partial charge on any atom is 0.416 e. The third-order valence-electron chi connectivity index (χ3n) is 2.69. The molecule has 1 unspecified atom stereocenters. The number of aromatic nitrogens is 1. The standard InChI is InChI=1S/C11H13F3N2O2/c12-11(13,14)8-1-2-16-6-7(8)9(15)5-10-17-3-4-18-10/h1-2,6,9-10H,3-5,15H2. The van der Waals surface area contributed by atoms with Gasteiger partial charge in [0.25, 0.3) is 0 Å². The lowest BCUT2D eigenvalue weighted by Crippen LogP contribution is -2.23. The Kier molecular flexibility index (Phi) is 3.84. The molecule has 0 aromatic carbocycles. The van der Waals surface area contributed by atoms with Gasteiger partial charge in [-0.1, -0.05) is 0 Å². The van der Waals surface area contributed by atoms with E-state index in [9.17, 15) is 13.2 Å². The largest absolute Gasteiger partial charge is 0.416 e. The summed E-state index contributed by atoms with van der Waals surface area (Å²) in [6.45, 7) is 0.882. The van der Waals surface area contributed by atoms with E-state index in [4.69, 9.17) is 15.2 Å². The number of alkyl halides is 3. The first-order chi connectivity index (χ1) is 8.48. The third kappa shape index (κ3) is 2.98. The SMILES string of the molecule is NC(CC1OCCO1)c1cnccc1C(F)(F)F. The van der Waals surface area contributed by atoms with E-state index in [1.165, 1.54) is 0 Å². The Hall–Kier alpha value is -1.18. The number of nitrogens with two attached hydrogens (primary N) is 1. The van der Waals surface area contributed by atoms with Crippen LogP contribution >= 0.6 is 0 Å². The molecule has 100 valence electrons. The number of hydrogen-bond donors (Lipinski definition) is 1. The van der Waals surface area contributed by atoms with Gasteiger partial charge in [0, 0.05) is 24.9 Å². The Balaban J connectivity index is 2.16. The summed E-state index contributed by atoms with van der Waals surface area (Å²) < 4.78 is 48.7. The van der Waals surface area contributed by atoms with Gasteiger partial charge in [-0.3, -0.25) is 4.98 Å². The predicted octanol–water partition coefficient (Wildman–Crippen LogP) is 1.86. The average molecular weight is 262 g/mol. The topological polar surface area (TPSA) is 57.4 Å². The van der Waals surface area contributed by atoms with Gasteiger partial charge in [-0.15, -0.1) is 0 Å². The van der Waals surface area contributed by atoms with Crippen LogP contribution in [0.2, 0.25) is 0 Å². The summed E-state index contributed by atoms with van der Waals surface area (Å²) in [5.41, 5.74) is 4.97. The molecular formula is C11H13F3N2O2. The van der Waals surface area contributed by atoms with Crippen LogP contribution in [-0.2, 0) is 15.7 Å². The molecule has 2 N–H and O–H groups in total. The smallest absolute Gasteiger partial charge is 0.350 e. The zero-order valence-electron chi connectivity index (χ0n) is 9.48. The molecule has 1 atom stereocenters. The molecular weight excluding hydrogens is 249 g/mol. The van der Waals surface area contributed by atoms with Crippen LogP contribution in [0.15, 0.2) is 18.5 Å². The molecule has 1 aromatic rings. The van der Waals surface area contributed by atoms with Gasteiger partial charge in [0.15, 0.2) is 6.29 Å². The van der Waals surface area contributed by atoms with E-state index in [0.717, 1.165) is 18.5 Å². The molecule has 2 rings (SSSR count). The number of nitrogens with zero attached hydrogens (tertiary/aromatic N) is 1. The second-order valence-corrected chi connectivity index (χ2v) is 3.97. The van der Waals surface area contributed by atoms with Gasteiger partial charge >= 0.3 is 6.18 Å². The van der Waals surface area contributed by atoms with E-state index in [1.54, 1.807) is 0 Å². The normalized spacial score (nSPS) is 19.1. The lowest BCUT2D eigenvalue weighted by atomic mass is 10.0. The van der Waals surface area contributed by atoms with Gasteiger partial charge in [0.2, 0.25) is 0 Å². The monoisotopic (exact) mass is 262 g/mol. The lowest BCUT2D eigenvalue weighted by molar-refractivity contribution is -0.138. The van der Waals surface area contributed by atoms with Gasteiger partial charge in [0.05, 0.1) is 18.8 Å². The summed E-state index contributed by atoms with van der Waals surface area (Å²) in [5.74, 6) is 0. The van der Waals surface area contributed by atoms with E-state index >= 15 is 0 Å². The minimum absolute atomic E-state index is 0.0379. The molecule has 4 nitrogen and oxygen atoms in total. The summed E-state index contributed by atoms with van der Waals surface area (Å²) in [6.07, 6.45) is -2.56. The van der Waals surface area contributed by atoms with Crippen molar-refractivity contribution in [1.82, 2.24) is 4.98 Å². The molecule has 18 heavy (non-hydrogen) atoms. The number of pyridine rings is 1. The highest BCUT2D eigenvalue weighted by Gasteiger charge is 2.35. The van der Waals surface area contributed by atoms with Crippen LogP contribution in [0.3, 0.4) is 0 Å². The lowest BCUT2D eigenvalue weighted by Gasteiger charge is -2.19. The maximum atomic E-state index is 12.8. The fourth-order valence-electron chi connectivity index (χ4n) is 1.84. The van der Waals surface area contributed by atoms with Crippen LogP contribution in [0, 0.1) is 0 Å². The molecule has 1 saturated heterocycles. The molecule has 1 fully saturated rings. The molecule has 0 spiro atoms. The van der Waals surface area contributed by atoms with Gasteiger partial charge < -0.3 is 15.2 Å². The summed E-state index contributed by atoms with van der Waals surface area (Å²) in [6, 6.07) is 0.101. The van der Waals surface area contributed by atoms with Crippen molar-refractivity contribution in [3.63, 3.8) is 0 Å². The first kappa shape index (κ1) is 13.3. The molecule has 1 aliphatic heterocycles. The van der Waals surface area contributed by atoms with Crippen molar-refractivity contribution in [3.8, 4) is 0 Å². The second-order valence-electron chi connectivity index (χ2n) is 3.97. The Morgan fingerprint density at radius 3 is 2.67 bits per heavy atom. The second kappa shape index (κ2) is 5.21. The van der Waals surface area contributed by atoms with Crippen LogP contribution in [0.4, 0.5) is 13.2 Å². The number of rotatable bonds is 3. The molecule has 7 heteroatoms. The fourth-order valence-corrected chi connectivity index (χ4v) is 1.84. The maximum absolute atomic E-state index is 12.8. The predicted molar refractivity (Wildman–Crippen MR) is 56.5 cm³/mol. The number of ether oxygens (including phenoxy) is 2. The minimum atomic E-state index is -4.44. The van der Waals surface area contributed by atoms with E-state index in [-0.39, 0.29) is 12.0 Å². The minimum Gasteiger partial charge on any atom is -0.350 e. The zero-order chi connectivity index (χ0) is 13.2. The Labute approximate surface area is 102 Å². The Morgan fingerprint density at radius 1 is 1.39 bits per heavy atom. The van der Waals surface area contributed by atoms with Crippen LogP contribution in [0.1, 0.15) is 23.6 Å².